The Morgan fingerprint density at radius 1 is 1.23 bits per heavy atom. The van der Waals surface area contributed by atoms with E-state index in [9.17, 15) is 13.2 Å². The molecule has 2 rings (SSSR count). The van der Waals surface area contributed by atoms with Gasteiger partial charge in [0.15, 0.2) is 0 Å². The zero-order valence-electron chi connectivity index (χ0n) is 13.2. The van der Waals surface area contributed by atoms with Crippen molar-refractivity contribution in [2.75, 3.05) is 13.1 Å². The third kappa shape index (κ3) is 4.60. The number of rotatable bonds is 7. The third-order valence-corrected chi connectivity index (χ3v) is 4.31. The summed E-state index contributed by atoms with van der Waals surface area (Å²) >= 11 is 0. The van der Waals surface area contributed by atoms with Crippen molar-refractivity contribution in [1.29, 1.82) is 0 Å². The number of nitrogens with one attached hydrogen (secondary N) is 1. The fourth-order valence-electron chi connectivity index (χ4n) is 2.52. The number of alkyl halides is 3. The van der Waals surface area contributed by atoms with Gasteiger partial charge in [0.2, 0.25) is 0 Å². The predicted molar refractivity (Wildman–Crippen MR) is 83.8 cm³/mol. The van der Waals surface area contributed by atoms with E-state index in [1.807, 2.05) is 0 Å². The molecule has 1 N–H and O–H groups in total. The first-order chi connectivity index (χ1) is 10.3. The lowest BCUT2D eigenvalue weighted by Gasteiger charge is -2.24. The van der Waals surface area contributed by atoms with Crippen LogP contribution in [0.2, 0.25) is 0 Å². The molecule has 1 nitrogen and oxygen atoms in total. The molecule has 1 fully saturated rings. The summed E-state index contributed by atoms with van der Waals surface area (Å²) in [5, 5.41) is 3.44. The molecule has 0 saturated heterocycles. The number of halogens is 3. The molecule has 1 atom stereocenters. The Balaban J connectivity index is 2.10. The van der Waals surface area contributed by atoms with Gasteiger partial charge in [-0.15, -0.1) is 0 Å². The standard InChI is InChI=1S/C18H24F3N/c1-12(2)13(3)17(11-22-10-14-4-5-14)15-6-8-16(9-7-15)18(19,20)21/h6-9,12,14,17,22H,3-5,10-11H2,1-2H3/t17-/m0/s1. The molecule has 0 spiro atoms. The first-order valence-electron chi connectivity index (χ1n) is 7.85. The van der Waals surface area contributed by atoms with Gasteiger partial charge >= 0.3 is 6.18 Å². The molecule has 0 amide bonds. The van der Waals surface area contributed by atoms with Crippen LogP contribution in [-0.2, 0) is 6.18 Å². The molecule has 0 radical (unpaired) electrons. The maximum Gasteiger partial charge on any atom is 0.416 e. The lowest BCUT2D eigenvalue weighted by Crippen LogP contribution is -2.26. The fraction of sp³-hybridized carbons (Fsp3) is 0.556. The molecule has 0 unspecified atom stereocenters. The van der Waals surface area contributed by atoms with Crippen LogP contribution in [0.15, 0.2) is 36.4 Å². The highest BCUT2D eigenvalue weighted by atomic mass is 19.4. The molecule has 4 heteroatoms. The summed E-state index contributed by atoms with van der Waals surface area (Å²) in [6.07, 6.45) is -1.72. The molecule has 22 heavy (non-hydrogen) atoms. The van der Waals surface area contributed by atoms with Gasteiger partial charge in [-0.3, -0.25) is 0 Å². The zero-order chi connectivity index (χ0) is 16.3. The van der Waals surface area contributed by atoms with Crippen molar-refractivity contribution in [2.45, 2.75) is 38.8 Å². The van der Waals surface area contributed by atoms with E-state index in [1.54, 1.807) is 12.1 Å². The number of hydrogen-bond donors (Lipinski definition) is 1. The van der Waals surface area contributed by atoms with E-state index in [4.69, 9.17) is 0 Å². The SMILES string of the molecule is C=C(C(C)C)[C@H](CNCC1CC1)c1ccc(C(F)(F)F)cc1. The van der Waals surface area contributed by atoms with Gasteiger partial charge in [0.25, 0.3) is 0 Å². The smallest absolute Gasteiger partial charge is 0.316 e. The minimum Gasteiger partial charge on any atom is -0.316 e. The molecule has 0 aliphatic heterocycles. The summed E-state index contributed by atoms with van der Waals surface area (Å²) in [6, 6.07) is 5.49. The lowest BCUT2D eigenvalue weighted by molar-refractivity contribution is -0.137. The van der Waals surface area contributed by atoms with Crippen LogP contribution in [0, 0.1) is 11.8 Å². The van der Waals surface area contributed by atoms with Crippen molar-refractivity contribution in [3.63, 3.8) is 0 Å². The van der Waals surface area contributed by atoms with E-state index in [0.717, 1.165) is 42.3 Å². The van der Waals surface area contributed by atoms with E-state index in [1.165, 1.54) is 12.8 Å². The molecule has 0 heterocycles. The largest absolute Gasteiger partial charge is 0.416 e. The summed E-state index contributed by atoms with van der Waals surface area (Å²) in [7, 11) is 0. The first-order valence-corrected chi connectivity index (χ1v) is 7.85. The van der Waals surface area contributed by atoms with Crippen LogP contribution in [0.3, 0.4) is 0 Å². The normalized spacial score (nSPS) is 16.8. The van der Waals surface area contributed by atoms with E-state index in [2.05, 4.69) is 25.7 Å². The van der Waals surface area contributed by atoms with Gasteiger partial charge in [-0.05, 0) is 48.9 Å². The fourth-order valence-corrected chi connectivity index (χ4v) is 2.52. The summed E-state index contributed by atoms with van der Waals surface area (Å²) in [5.41, 5.74) is 1.36. The second kappa shape index (κ2) is 6.86. The van der Waals surface area contributed by atoms with Gasteiger partial charge in [-0.2, -0.15) is 13.2 Å². The third-order valence-electron chi connectivity index (χ3n) is 4.31. The van der Waals surface area contributed by atoms with Crippen molar-refractivity contribution in [1.82, 2.24) is 5.32 Å². The zero-order valence-corrected chi connectivity index (χ0v) is 13.2. The molecule has 1 aromatic carbocycles. The predicted octanol–water partition coefficient (Wildman–Crippen LogP) is 5.00. The molecule has 1 aliphatic rings. The van der Waals surface area contributed by atoms with Gasteiger partial charge in [-0.1, -0.05) is 38.1 Å². The van der Waals surface area contributed by atoms with Crippen molar-refractivity contribution < 1.29 is 13.2 Å². The monoisotopic (exact) mass is 311 g/mol. The Morgan fingerprint density at radius 3 is 2.27 bits per heavy atom. The van der Waals surface area contributed by atoms with Crippen LogP contribution in [0.5, 0.6) is 0 Å². The van der Waals surface area contributed by atoms with Crippen LogP contribution in [-0.4, -0.2) is 13.1 Å². The molecule has 0 bridgehead atoms. The van der Waals surface area contributed by atoms with Gasteiger partial charge in [0.1, 0.15) is 0 Å². The topological polar surface area (TPSA) is 12.0 Å². The Bertz CT molecular complexity index is 498. The van der Waals surface area contributed by atoms with Gasteiger partial charge in [0.05, 0.1) is 5.56 Å². The van der Waals surface area contributed by atoms with Crippen molar-refractivity contribution in [3.05, 3.63) is 47.5 Å². The molecule has 1 saturated carbocycles. The average Bonchev–Trinajstić information content (AvgIpc) is 3.26. The maximum absolute atomic E-state index is 12.7. The molecule has 122 valence electrons. The van der Waals surface area contributed by atoms with E-state index in [0.29, 0.717) is 5.92 Å². The highest BCUT2D eigenvalue weighted by molar-refractivity contribution is 5.32. The quantitative estimate of drug-likeness (QED) is 0.699. The van der Waals surface area contributed by atoms with Gasteiger partial charge in [0, 0.05) is 12.5 Å². The van der Waals surface area contributed by atoms with E-state index >= 15 is 0 Å². The van der Waals surface area contributed by atoms with Gasteiger partial charge < -0.3 is 5.32 Å². The van der Waals surface area contributed by atoms with Crippen molar-refractivity contribution in [2.24, 2.45) is 11.8 Å². The summed E-state index contributed by atoms with van der Waals surface area (Å²) < 4.78 is 38.0. The van der Waals surface area contributed by atoms with Crippen LogP contribution in [0.25, 0.3) is 0 Å². The lowest BCUT2D eigenvalue weighted by atomic mass is 9.85. The second-order valence-corrected chi connectivity index (χ2v) is 6.50. The van der Waals surface area contributed by atoms with Crippen molar-refractivity contribution in [3.8, 4) is 0 Å². The minimum atomic E-state index is -4.28. The van der Waals surface area contributed by atoms with E-state index in [-0.39, 0.29) is 5.92 Å². The van der Waals surface area contributed by atoms with Crippen molar-refractivity contribution >= 4 is 0 Å². The van der Waals surface area contributed by atoms with Crippen LogP contribution < -0.4 is 5.32 Å². The summed E-state index contributed by atoms with van der Waals surface area (Å²) in [4.78, 5) is 0. The Hall–Kier alpha value is -1.29. The Morgan fingerprint density at radius 2 is 1.82 bits per heavy atom. The molecule has 0 aromatic heterocycles. The van der Waals surface area contributed by atoms with Crippen LogP contribution in [0.1, 0.15) is 43.7 Å². The first kappa shape index (κ1) is 17.1. The summed E-state index contributed by atoms with van der Waals surface area (Å²) in [5.74, 6) is 1.14. The van der Waals surface area contributed by atoms with Crippen LogP contribution >= 0.6 is 0 Å². The van der Waals surface area contributed by atoms with E-state index < -0.39 is 11.7 Å². The van der Waals surface area contributed by atoms with Gasteiger partial charge in [-0.25, -0.2) is 0 Å². The highest BCUT2D eigenvalue weighted by Crippen LogP contribution is 2.33. The average molecular weight is 311 g/mol. The maximum atomic E-state index is 12.7. The highest BCUT2D eigenvalue weighted by Gasteiger charge is 2.30. The minimum absolute atomic E-state index is 0.0565. The summed E-state index contributed by atoms with van der Waals surface area (Å²) in [6.45, 7) is 10.0. The van der Waals surface area contributed by atoms with Crippen LogP contribution in [0.4, 0.5) is 13.2 Å². The molecular formula is C18H24F3N. The number of benzene rings is 1. The Labute approximate surface area is 130 Å². The molecule has 1 aliphatic carbocycles. The Kier molecular flexibility index (Phi) is 5.32. The molecule has 1 aromatic rings. The second-order valence-electron chi connectivity index (χ2n) is 6.50. The number of hydrogen-bond acceptors (Lipinski definition) is 1. The molecular weight excluding hydrogens is 287 g/mol.